The molecule has 0 spiro atoms. The van der Waals surface area contributed by atoms with Gasteiger partial charge in [0, 0.05) is 20.1 Å². The monoisotopic (exact) mass is 302 g/mol. The van der Waals surface area contributed by atoms with Gasteiger partial charge in [0.05, 0.1) is 0 Å². The van der Waals surface area contributed by atoms with Crippen LogP contribution in [-0.4, -0.2) is 36.8 Å². The predicted molar refractivity (Wildman–Crippen MR) is 83.7 cm³/mol. The van der Waals surface area contributed by atoms with E-state index in [9.17, 15) is 4.79 Å². The molecule has 3 N–H and O–H groups in total. The highest BCUT2D eigenvalue weighted by Crippen LogP contribution is 2.14. The molecule has 1 aromatic heterocycles. The average Bonchev–Trinajstić information content (AvgIpc) is 2.27. The number of nitrogens with zero attached hydrogens (tertiary/aromatic N) is 2. The summed E-state index contributed by atoms with van der Waals surface area (Å²) >= 11 is 0. The van der Waals surface area contributed by atoms with Gasteiger partial charge >= 0.3 is 6.09 Å². The van der Waals surface area contributed by atoms with Gasteiger partial charge in [0.25, 0.3) is 0 Å². The Morgan fingerprint density at radius 2 is 2.10 bits per heavy atom. The molecule has 0 aliphatic rings. The van der Waals surface area contributed by atoms with Gasteiger partial charge in [-0.2, -0.15) is 0 Å². The molecule has 20 heavy (non-hydrogen) atoms. The maximum Gasteiger partial charge on any atom is 0.413 e. The van der Waals surface area contributed by atoms with Gasteiger partial charge < -0.3 is 15.4 Å². The Morgan fingerprint density at radius 3 is 2.65 bits per heavy atom. The fourth-order valence-electron chi connectivity index (χ4n) is 1.42. The molecule has 0 atom stereocenters. The minimum absolute atomic E-state index is 0. The van der Waals surface area contributed by atoms with E-state index in [2.05, 4.69) is 10.3 Å². The molecule has 0 unspecified atom stereocenters. The fourth-order valence-corrected chi connectivity index (χ4v) is 1.42. The quantitative estimate of drug-likeness (QED) is 0.891. The molecule has 0 radical (unpaired) electrons. The first-order chi connectivity index (χ1) is 8.81. The average molecular weight is 303 g/mol. The SMILES string of the molecule is CN(CCN)c1cccc(NC(=O)OC(C)(C)C)n1.Cl. The van der Waals surface area contributed by atoms with Gasteiger partial charge in [-0.3, -0.25) is 5.32 Å². The Morgan fingerprint density at radius 1 is 1.45 bits per heavy atom. The summed E-state index contributed by atoms with van der Waals surface area (Å²) < 4.78 is 5.17. The van der Waals surface area contributed by atoms with Crippen LogP contribution in [0.25, 0.3) is 0 Å². The number of nitrogens with one attached hydrogen (secondary N) is 1. The Labute approximate surface area is 126 Å². The second-order valence-corrected chi connectivity index (χ2v) is 5.22. The van der Waals surface area contributed by atoms with E-state index in [0.717, 1.165) is 5.82 Å². The molecule has 0 fully saturated rings. The van der Waals surface area contributed by atoms with Crippen molar-refractivity contribution in [3.05, 3.63) is 18.2 Å². The zero-order valence-electron chi connectivity index (χ0n) is 12.3. The number of anilines is 2. The summed E-state index contributed by atoms with van der Waals surface area (Å²) in [5.41, 5.74) is 4.97. The number of likely N-dealkylation sites (N-methyl/N-ethyl adjacent to an activating group) is 1. The van der Waals surface area contributed by atoms with E-state index in [4.69, 9.17) is 10.5 Å². The maximum atomic E-state index is 11.6. The van der Waals surface area contributed by atoms with Crippen LogP contribution in [0.4, 0.5) is 16.4 Å². The number of carbonyl (C=O) groups excluding carboxylic acids is 1. The Balaban J connectivity index is 0.00000361. The smallest absolute Gasteiger partial charge is 0.413 e. The Kier molecular flexibility index (Phi) is 7.31. The molecule has 1 amide bonds. The molecule has 1 aromatic rings. The number of carbonyl (C=O) groups is 1. The lowest BCUT2D eigenvalue weighted by atomic mass is 10.2. The van der Waals surface area contributed by atoms with Gasteiger partial charge in [0.1, 0.15) is 17.2 Å². The van der Waals surface area contributed by atoms with Crippen LogP contribution in [0.1, 0.15) is 20.8 Å². The van der Waals surface area contributed by atoms with Crippen molar-refractivity contribution in [3.63, 3.8) is 0 Å². The van der Waals surface area contributed by atoms with Gasteiger partial charge in [0.2, 0.25) is 0 Å². The van der Waals surface area contributed by atoms with Crippen LogP contribution < -0.4 is 16.0 Å². The summed E-state index contributed by atoms with van der Waals surface area (Å²) in [6.07, 6.45) is -0.515. The number of rotatable bonds is 4. The predicted octanol–water partition coefficient (Wildman–Crippen LogP) is 2.25. The van der Waals surface area contributed by atoms with Crippen LogP contribution in [0.3, 0.4) is 0 Å². The van der Waals surface area contributed by atoms with Crippen molar-refractivity contribution in [3.8, 4) is 0 Å². The van der Waals surface area contributed by atoms with Crippen LogP contribution >= 0.6 is 12.4 Å². The summed E-state index contributed by atoms with van der Waals surface area (Å²) in [7, 11) is 1.90. The fraction of sp³-hybridized carbons (Fsp3) is 0.538. The third kappa shape index (κ3) is 6.58. The van der Waals surface area contributed by atoms with Gasteiger partial charge in [-0.1, -0.05) is 6.07 Å². The number of ether oxygens (including phenoxy) is 1. The van der Waals surface area contributed by atoms with E-state index in [1.54, 1.807) is 6.07 Å². The Hall–Kier alpha value is -1.53. The van der Waals surface area contributed by atoms with E-state index >= 15 is 0 Å². The molecule has 6 nitrogen and oxygen atoms in total. The second-order valence-electron chi connectivity index (χ2n) is 5.22. The number of pyridine rings is 1. The van der Waals surface area contributed by atoms with Crippen molar-refractivity contribution in [2.45, 2.75) is 26.4 Å². The van der Waals surface area contributed by atoms with Gasteiger partial charge in [-0.05, 0) is 32.9 Å². The number of aromatic nitrogens is 1. The zero-order valence-corrected chi connectivity index (χ0v) is 13.2. The van der Waals surface area contributed by atoms with E-state index in [1.807, 2.05) is 44.9 Å². The summed E-state index contributed by atoms with van der Waals surface area (Å²) in [4.78, 5) is 17.9. The van der Waals surface area contributed by atoms with E-state index < -0.39 is 11.7 Å². The first-order valence-electron chi connectivity index (χ1n) is 6.20. The summed E-state index contributed by atoms with van der Waals surface area (Å²) in [6, 6.07) is 5.39. The number of hydrogen-bond donors (Lipinski definition) is 2. The zero-order chi connectivity index (χ0) is 14.5. The van der Waals surface area contributed by atoms with E-state index in [-0.39, 0.29) is 12.4 Å². The minimum atomic E-state index is -0.530. The summed E-state index contributed by atoms with van der Waals surface area (Å²) in [5.74, 6) is 1.20. The summed E-state index contributed by atoms with van der Waals surface area (Å²) in [6.45, 7) is 6.67. The van der Waals surface area contributed by atoms with Crippen LogP contribution in [0, 0.1) is 0 Å². The number of halogens is 1. The molecule has 0 aliphatic carbocycles. The van der Waals surface area contributed by atoms with Crippen LogP contribution in [0.5, 0.6) is 0 Å². The normalized spacial score (nSPS) is 10.4. The molecule has 0 saturated heterocycles. The number of hydrogen-bond acceptors (Lipinski definition) is 5. The third-order valence-electron chi connectivity index (χ3n) is 2.22. The van der Waals surface area contributed by atoms with Crippen molar-refractivity contribution in [2.75, 3.05) is 30.4 Å². The van der Waals surface area contributed by atoms with Crippen molar-refractivity contribution in [1.82, 2.24) is 4.98 Å². The first-order valence-corrected chi connectivity index (χ1v) is 6.20. The second kappa shape index (κ2) is 7.91. The lowest BCUT2D eigenvalue weighted by Gasteiger charge is -2.20. The van der Waals surface area contributed by atoms with Gasteiger partial charge in [-0.25, -0.2) is 9.78 Å². The topological polar surface area (TPSA) is 80.5 Å². The largest absolute Gasteiger partial charge is 0.444 e. The van der Waals surface area contributed by atoms with E-state index in [1.165, 1.54) is 0 Å². The molecule has 0 aliphatic heterocycles. The van der Waals surface area contributed by atoms with Crippen LogP contribution in [0.2, 0.25) is 0 Å². The maximum absolute atomic E-state index is 11.6. The minimum Gasteiger partial charge on any atom is -0.444 e. The number of nitrogens with two attached hydrogens (primary N) is 1. The van der Waals surface area contributed by atoms with Crippen LogP contribution in [-0.2, 0) is 4.74 Å². The molecular weight excluding hydrogens is 280 g/mol. The summed E-state index contributed by atoms with van der Waals surface area (Å²) in [5, 5.41) is 2.61. The molecule has 7 heteroatoms. The van der Waals surface area contributed by atoms with Crippen molar-refractivity contribution < 1.29 is 9.53 Å². The lowest BCUT2D eigenvalue weighted by molar-refractivity contribution is 0.0635. The van der Waals surface area contributed by atoms with Crippen molar-refractivity contribution in [1.29, 1.82) is 0 Å². The highest BCUT2D eigenvalue weighted by Gasteiger charge is 2.16. The molecular formula is C13H23ClN4O2. The molecule has 0 bridgehead atoms. The molecule has 0 saturated carbocycles. The highest BCUT2D eigenvalue weighted by atomic mass is 35.5. The van der Waals surface area contributed by atoms with E-state index in [0.29, 0.717) is 18.9 Å². The molecule has 1 heterocycles. The molecule has 0 aromatic carbocycles. The van der Waals surface area contributed by atoms with Crippen molar-refractivity contribution in [2.24, 2.45) is 5.73 Å². The third-order valence-corrected chi connectivity index (χ3v) is 2.22. The van der Waals surface area contributed by atoms with Gasteiger partial charge in [-0.15, -0.1) is 12.4 Å². The Bertz CT molecular complexity index is 435. The van der Waals surface area contributed by atoms with Crippen LogP contribution in [0.15, 0.2) is 18.2 Å². The lowest BCUT2D eigenvalue weighted by Crippen LogP contribution is -2.28. The number of amides is 1. The van der Waals surface area contributed by atoms with Gasteiger partial charge in [0.15, 0.2) is 0 Å². The molecule has 114 valence electrons. The highest BCUT2D eigenvalue weighted by molar-refractivity contribution is 5.85. The standard InChI is InChI=1S/C13H22N4O2.ClH/c1-13(2,3)19-12(18)16-10-6-5-7-11(15-10)17(4)9-8-14;/h5-7H,8-9,14H2,1-4H3,(H,15,16,18);1H. The van der Waals surface area contributed by atoms with Crippen molar-refractivity contribution >= 4 is 30.1 Å². The first kappa shape index (κ1) is 18.5. The molecule has 1 rings (SSSR count).